The van der Waals surface area contributed by atoms with E-state index < -0.39 is 0 Å². The number of amides is 1. The second kappa shape index (κ2) is 5.80. The van der Waals surface area contributed by atoms with Crippen LogP contribution in [0.1, 0.15) is 21.5 Å². The summed E-state index contributed by atoms with van der Waals surface area (Å²) in [6.45, 7) is 2.04. The Morgan fingerprint density at radius 3 is 2.68 bits per heavy atom. The molecule has 19 heavy (non-hydrogen) atoms. The van der Waals surface area contributed by atoms with Gasteiger partial charge in [-0.05, 0) is 36.2 Å². The average Bonchev–Trinajstić information content (AvgIpc) is 2.40. The molecule has 0 fully saturated rings. The number of hydrogen-bond donors (Lipinski definition) is 2. The number of carbonyl (C=O) groups excluding carboxylic acids is 1. The first-order valence-electron chi connectivity index (χ1n) is 5.94. The van der Waals surface area contributed by atoms with E-state index in [2.05, 4.69) is 0 Å². The van der Waals surface area contributed by atoms with Crippen LogP contribution in [0, 0.1) is 6.92 Å². The van der Waals surface area contributed by atoms with Crippen molar-refractivity contribution in [1.82, 2.24) is 0 Å². The molecule has 2 aromatic rings. The maximum atomic E-state index is 11.3. The fourth-order valence-electron chi connectivity index (χ4n) is 1.81. The van der Waals surface area contributed by atoms with Gasteiger partial charge in [0.05, 0.1) is 0 Å². The van der Waals surface area contributed by atoms with Gasteiger partial charge in [0.1, 0.15) is 0 Å². The number of carbonyl (C=O) groups is 1. The zero-order chi connectivity index (χ0) is 13.8. The molecule has 0 aliphatic rings. The number of nitrogens with two attached hydrogens (primary N) is 2. The molecule has 0 saturated heterocycles. The van der Waals surface area contributed by atoms with E-state index in [0.29, 0.717) is 11.3 Å². The number of benzene rings is 2. The highest BCUT2D eigenvalue weighted by molar-refractivity contribution is 7.98. The van der Waals surface area contributed by atoms with Crippen LogP contribution in [-0.2, 0) is 5.75 Å². The second-order valence-electron chi connectivity index (χ2n) is 4.34. The molecule has 0 bridgehead atoms. The Morgan fingerprint density at radius 2 is 1.95 bits per heavy atom. The molecule has 98 valence electrons. The van der Waals surface area contributed by atoms with Crippen molar-refractivity contribution in [3.05, 3.63) is 59.2 Å². The zero-order valence-electron chi connectivity index (χ0n) is 10.7. The van der Waals surface area contributed by atoms with Gasteiger partial charge in [-0.1, -0.05) is 24.3 Å². The minimum Gasteiger partial charge on any atom is -0.399 e. The summed E-state index contributed by atoms with van der Waals surface area (Å²) < 4.78 is 0. The monoisotopic (exact) mass is 272 g/mol. The van der Waals surface area contributed by atoms with Gasteiger partial charge in [-0.25, -0.2) is 0 Å². The second-order valence-corrected chi connectivity index (χ2v) is 5.35. The van der Waals surface area contributed by atoms with Crippen molar-refractivity contribution in [3.8, 4) is 0 Å². The van der Waals surface area contributed by atoms with Gasteiger partial charge in [-0.2, -0.15) is 0 Å². The number of primary amides is 1. The summed E-state index contributed by atoms with van der Waals surface area (Å²) in [5, 5.41) is 0. The van der Waals surface area contributed by atoms with Crippen LogP contribution in [0.5, 0.6) is 0 Å². The van der Waals surface area contributed by atoms with Gasteiger partial charge in [-0.15, -0.1) is 11.8 Å². The van der Waals surface area contributed by atoms with E-state index in [1.165, 1.54) is 5.56 Å². The molecule has 0 unspecified atom stereocenters. The summed E-state index contributed by atoms with van der Waals surface area (Å²) in [4.78, 5) is 12.5. The summed E-state index contributed by atoms with van der Waals surface area (Å²) >= 11 is 1.66. The summed E-state index contributed by atoms with van der Waals surface area (Å²) in [7, 11) is 0. The maximum Gasteiger partial charge on any atom is 0.249 e. The van der Waals surface area contributed by atoms with Crippen LogP contribution < -0.4 is 11.5 Å². The van der Waals surface area contributed by atoms with Crippen LogP contribution in [0.4, 0.5) is 5.69 Å². The molecule has 2 rings (SSSR count). The Bertz CT molecular complexity index is 611. The highest BCUT2D eigenvalue weighted by Crippen LogP contribution is 2.28. The smallest absolute Gasteiger partial charge is 0.249 e. The number of anilines is 1. The van der Waals surface area contributed by atoms with Gasteiger partial charge < -0.3 is 11.5 Å². The molecule has 2 aromatic carbocycles. The lowest BCUT2D eigenvalue weighted by atomic mass is 10.1. The van der Waals surface area contributed by atoms with Crippen LogP contribution in [0.2, 0.25) is 0 Å². The summed E-state index contributed by atoms with van der Waals surface area (Å²) in [6, 6.07) is 13.2. The van der Waals surface area contributed by atoms with Gasteiger partial charge >= 0.3 is 0 Å². The third-order valence-corrected chi connectivity index (χ3v) is 4.08. The Kier molecular flexibility index (Phi) is 4.12. The lowest BCUT2D eigenvalue weighted by molar-refractivity contribution is 0.0999. The lowest BCUT2D eigenvalue weighted by Crippen LogP contribution is -2.13. The topological polar surface area (TPSA) is 69.1 Å². The molecule has 0 heterocycles. The highest BCUT2D eigenvalue weighted by Gasteiger charge is 2.08. The third kappa shape index (κ3) is 3.29. The van der Waals surface area contributed by atoms with Gasteiger partial charge in [0.15, 0.2) is 0 Å². The lowest BCUT2D eigenvalue weighted by Gasteiger charge is -2.09. The average molecular weight is 272 g/mol. The SMILES string of the molecule is Cc1ccc(N)cc1SCc1ccccc1C(N)=O. The molecule has 0 aliphatic heterocycles. The van der Waals surface area contributed by atoms with E-state index in [0.717, 1.165) is 16.1 Å². The van der Waals surface area contributed by atoms with Crippen LogP contribution >= 0.6 is 11.8 Å². The molecule has 4 N–H and O–H groups in total. The molecule has 1 amide bonds. The van der Waals surface area contributed by atoms with Crippen LogP contribution in [0.15, 0.2) is 47.4 Å². The first-order valence-corrected chi connectivity index (χ1v) is 6.93. The molecule has 0 radical (unpaired) electrons. The molecule has 0 saturated carbocycles. The van der Waals surface area contributed by atoms with Gasteiger partial charge in [0.25, 0.3) is 0 Å². The molecular formula is C15H16N2OS. The Balaban J connectivity index is 2.19. The molecule has 3 nitrogen and oxygen atoms in total. The van der Waals surface area contributed by atoms with E-state index in [9.17, 15) is 4.79 Å². The first-order chi connectivity index (χ1) is 9.08. The summed E-state index contributed by atoms with van der Waals surface area (Å²) in [6.07, 6.45) is 0. The van der Waals surface area contributed by atoms with Crippen LogP contribution in [-0.4, -0.2) is 5.91 Å². The predicted molar refractivity (Wildman–Crippen MR) is 80.1 cm³/mol. The summed E-state index contributed by atoms with van der Waals surface area (Å²) in [5.41, 5.74) is 14.6. The third-order valence-electron chi connectivity index (χ3n) is 2.88. The normalized spacial score (nSPS) is 10.4. The first kappa shape index (κ1) is 13.5. The van der Waals surface area contributed by atoms with Gasteiger partial charge in [-0.3, -0.25) is 4.79 Å². The van der Waals surface area contributed by atoms with Crippen molar-refractivity contribution in [2.24, 2.45) is 5.73 Å². The number of hydrogen-bond acceptors (Lipinski definition) is 3. The largest absolute Gasteiger partial charge is 0.399 e. The highest BCUT2D eigenvalue weighted by atomic mass is 32.2. The molecule has 0 spiro atoms. The van der Waals surface area contributed by atoms with Crippen LogP contribution in [0.3, 0.4) is 0 Å². The molecule has 0 atom stereocenters. The standard InChI is InChI=1S/C15H16N2OS/c1-10-6-7-12(16)8-14(10)19-9-11-4-2-3-5-13(11)15(17)18/h2-8H,9,16H2,1H3,(H2,17,18). The Morgan fingerprint density at radius 1 is 1.21 bits per heavy atom. The van der Waals surface area contributed by atoms with Crippen molar-refractivity contribution in [2.75, 3.05) is 5.73 Å². The fourth-order valence-corrected chi connectivity index (χ4v) is 2.89. The fraction of sp³-hybridized carbons (Fsp3) is 0.133. The number of nitrogen functional groups attached to an aromatic ring is 1. The number of rotatable bonds is 4. The predicted octanol–water partition coefficient (Wildman–Crippen LogP) is 2.97. The van der Waals surface area contributed by atoms with Gasteiger partial charge in [0.2, 0.25) is 5.91 Å². The summed E-state index contributed by atoms with van der Waals surface area (Å²) in [5.74, 6) is 0.309. The van der Waals surface area contributed by atoms with Crippen molar-refractivity contribution >= 4 is 23.4 Å². The number of thioether (sulfide) groups is 1. The Labute approximate surface area is 117 Å². The van der Waals surface area contributed by atoms with Crippen molar-refractivity contribution < 1.29 is 4.79 Å². The maximum absolute atomic E-state index is 11.3. The van der Waals surface area contributed by atoms with Crippen molar-refractivity contribution in [3.63, 3.8) is 0 Å². The van der Waals surface area contributed by atoms with E-state index in [-0.39, 0.29) is 5.91 Å². The molecule has 4 heteroatoms. The van der Waals surface area contributed by atoms with Crippen LogP contribution in [0.25, 0.3) is 0 Å². The molecule has 0 aliphatic carbocycles. The quantitative estimate of drug-likeness (QED) is 0.664. The molecule has 0 aromatic heterocycles. The van der Waals surface area contributed by atoms with E-state index in [4.69, 9.17) is 11.5 Å². The van der Waals surface area contributed by atoms with Crippen molar-refractivity contribution in [1.29, 1.82) is 0 Å². The minimum absolute atomic E-state index is 0.388. The minimum atomic E-state index is -0.388. The van der Waals surface area contributed by atoms with E-state index in [1.54, 1.807) is 17.8 Å². The Hall–Kier alpha value is -1.94. The number of aryl methyl sites for hydroxylation is 1. The molecular weight excluding hydrogens is 256 g/mol. The van der Waals surface area contributed by atoms with Crippen molar-refractivity contribution in [2.45, 2.75) is 17.6 Å². The van der Waals surface area contributed by atoms with E-state index >= 15 is 0 Å². The van der Waals surface area contributed by atoms with Gasteiger partial charge in [0, 0.05) is 21.9 Å². The zero-order valence-corrected chi connectivity index (χ0v) is 11.5. The van der Waals surface area contributed by atoms with E-state index in [1.807, 2.05) is 43.3 Å².